The van der Waals surface area contributed by atoms with Crippen molar-refractivity contribution in [2.75, 3.05) is 20.1 Å². The van der Waals surface area contributed by atoms with Crippen LogP contribution < -0.4 is 10.6 Å². The highest BCUT2D eigenvalue weighted by Gasteiger charge is 2.30. The molecule has 2 N–H and O–H groups in total. The van der Waals surface area contributed by atoms with Gasteiger partial charge in [-0.15, -0.1) is 0 Å². The maximum Gasteiger partial charge on any atom is 0.321 e. The Kier molecular flexibility index (Phi) is 4.52. The molecule has 1 aromatic carbocycles. The second-order valence-electron chi connectivity index (χ2n) is 4.62. The van der Waals surface area contributed by atoms with Crippen LogP contribution in [0.4, 0.5) is 4.79 Å². The van der Waals surface area contributed by atoms with E-state index < -0.39 is 6.03 Å². The van der Waals surface area contributed by atoms with Crippen molar-refractivity contribution in [3.63, 3.8) is 0 Å². The molecule has 102 valence electrons. The van der Waals surface area contributed by atoms with E-state index in [4.69, 9.17) is 0 Å². The number of hydrogen-bond acceptors (Lipinski definition) is 3. The first-order chi connectivity index (χ1) is 9.22. The van der Waals surface area contributed by atoms with Crippen molar-refractivity contribution < 1.29 is 9.59 Å². The van der Waals surface area contributed by atoms with Gasteiger partial charge < -0.3 is 5.32 Å². The predicted molar refractivity (Wildman–Crippen MR) is 72.6 cm³/mol. The number of likely N-dealkylation sites (tertiary alicyclic amines) is 1. The van der Waals surface area contributed by atoms with Gasteiger partial charge in [-0.05, 0) is 31.5 Å². The average Bonchev–Trinajstić information content (AvgIpc) is 2.94. The Morgan fingerprint density at radius 1 is 1.16 bits per heavy atom. The summed E-state index contributed by atoms with van der Waals surface area (Å²) in [6, 6.07) is 8.73. The molecule has 0 aliphatic carbocycles. The molecule has 5 nitrogen and oxygen atoms in total. The van der Waals surface area contributed by atoms with E-state index in [1.54, 1.807) is 0 Å². The maximum absolute atomic E-state index is 12.3. The van der Waals surface area contributed by atoms with Crippen molar-refractivity contribution in [3.05, 3.63) is 35.9 Å². The predicted octanol–water partition coefficient (Wildman–Crippen LogP) is 1.28. The van der Waals surface area contributed by atoms with Gasteiger partial charge in [0.05, 0.1) is 0 Å². The zero-order valence-corrected chi connectivity index (χ0v) is 11.1. The molecular weight excluding hydrogens is 242 g/mol. The van der Waals surface area contributed by atoms with Crippen LogP contribution in [0.25, 0.3) is 0 Å². The van der Waals surface area contributed by atoms with E-state index in [1.165, 1.54) is 7.05 Å². The summed E-state index contributed by atoms with van der Waals surface area (Å²) >= 11 is 0. The van der Waals surface area contributed by atoms with E-state index in [0.29, 0.717) is 0 Å². The molecule has 0 aromatic heterocycles. The number of nitrogens with zero attached hydrogens (tertiary/aromatic N) is 1. The van der Waals surface area contributed by atoms with Crippen LogP contribution in [0.1, 0.15) is 24.4 Å². The molecule has 1 atom stereocenters. The van der Waals surface area contributed by atoms with Gasteiger partial charge in [-0.25, -0.2) is 4.79 Å². The molecule has 1 aliphatic heterocycles. The molecule has 3 amide bonds. The molecule has 1 aromatic rings. The van der Waals surface area contributed by atoms with Crippen LogP contribution in [-0.4, -0.2) is 37.0 Å². The summed E-state index contributed by atoms with van der Waals surface area (Å²) in [5, 5.41) is 4.78. The summed E-state index contributed by atoms with van der Waals surface area (Å²) in [5.41, 5.74) is 0.922. The average molecular weight is 261 g/mol. The Morgan fingerprint density at radius 2 is 1.79 bits per heavy atom. The molecule has 5 heteroatoms. The van der Waals surface area contributed by atoms with Gasteiger partial charge in [0, 0.05) is 7.05 Å². The van der Waals surface area contributed by atoms with E-state index >= 15 is 0 Å². The van der Waals surface area contributed by atoms with Crippen LogP contribution in [0.15, 0.2) is 30.3 Å². The highest BCUT2D eigenvalue weighted by Crippen LogP contribution is 2.25. The number of carbonyl (C=O) groups excluding carboxylic acids is 2. The van der Waals surface area contributed by atoms with Crippen molar-refractivity contribution in [3.8, 4) is 0 Å². The first-order valence-corrected chi connectivity index (χ1v) is 6.54. The molecule has 0 saturated carbocycles. The summed E-state index contributed by atoms with van der Waals surface area (Å²) in [4.78, 5) is 25.7. The van der Waals surface area contributed by atoms with Gasteiger partial charge in [0.25, 0.3) is 0 Å². The van der Waals surface area contributed by atoms with Crippen LogP contribution >= 0.6 is 0 Å². The molecule has 1 aliphatic rings. The minimum atomic E-state index is -0.467. The van der Waals surface area contributed by atoms with Crippen LogP contribution in [0.5, 0.6) is 0 Å². The zero-order chi connectivity index (χ0) is 13.7. The number of carbonyl (C=O) groups is 2. The highest BCUT2D eigenvalue weighted by atomic mass is 16.2. The number of rotatable bonds is 3. The van der Waals surface area contributed by atoms with Crippen LogP contribution in [-0.2, 0) is 4.79 Å². The van der Waals surface area contributed by atoms with Gasteiger partial charge in [-0.3, -0.25) is 15.0 Å². The van der Waals surface area contributed by atoms with Crippen molar-refractivity contribution in [2.24, 2.45) is 0 Å². The van der Waals surface area contributed by atoms with E-state index in [0.717, 1.165) is 31.5 Å². The zero-order valence-electron chi connectivity index (χ0n) is 11.1. The summed E-state index contributed by atoms with van der Waals surface area (Å²) < 4.78 is 0. The standard InChI is InChI=1S/C14H19N3O2/c1-15-14(19)16-13(18)12(17-9-5-6-10-17)11-7-3-2-4-8-11/h2-4,7-8,12H,5-6,9-10H2,1H3,(H2,15,16,18,19). The lowest BCUT2D eigenvalue weighted by Gasteiger charge is -2.26. The van der Waals surface area contributed by atoms with E-state index in [2.05, 4.69) is 15.5 Å². The number of urea groups is 1. The SMILES string of the molecule is CNC(=O)NC(=O)C(c1ccccc1)N1CCCC1. The van der Waals surface area contributed by atoms with Gasteiger partial charge >= 0.3 is 6.03 Å². The molecule has 0 radical (unpaired) electrons. The topological polar surface area (TPSA) is 61.4 Å². The fourth-order valence-electron chi connectivity index (χ4n) is 2.41. The van der Waals surface area contributed by atoms with Crippen LogP contribution in [0.3, 0.4) is 0 Å². The molecule has 1 unspecified atom stereocenters. The fraction of sp³-hybridized carbons (Fsp3) is 0.429. The summed E-state index contributed by atoms with van der Waals surface area (Å²) in [6.07, 6.45) is 2.19. The summed E-state index contributed by atoms with van der Waals surface area (Å²) in [6.45, 7) is 1.78. The molecule has 1 heterocycles. The van der Waals surface area contributed by atoms with Gasteiger partial charge in [-0.1, -0.05) is 30.3 Å². The monoisotopic (exact) mass is 261 g/mol. The largest absolute Gasteiger partial charge is 0.341 e. The number of hydrogen-bond donors (Lipinski definition) is 2. The quantitative estimate of drug-likeness (QED) is 0.861. The maximum atomic E-state index is 12.3. The number of amides is 3. The molecule has 1 saturated heterocycles. The van der Waals surface area contributed by atoms with Gasteiger partial charge in [0.1, 0.15) is 6.04 Å². The molecule has 1 fully saturated rings. The highest BCUT2D eigenvalue weighted by molar-refractivity contribution is 5.97. The molecule has 0 spiro atoms. The van der Waals surface area contributed by atoms with Crippen LogP contribution in [0.2, 0.25) is 0 Å². The van der Waals surface area contributed by atoms with Crippen molar-refractivity contribution in [2.45, 2.75) is 18.9 Å². The van der Waals surface area contributed by atoms with Crippen molar-refractivity contribution >= 4 is 11.9 Å². The van der Waals surface area contributed by atoms with Gasteiger partial charge in [-0.2, -0.15) is 0 Å². The molecule has 0 bridgehead atoms. The minimum absolute atomic E-state index is 0.271. The van der Waals surface area contributed by atoms with E-state index in [1.807, 2.05) is 30.3 Å². The van der Waals surface area contributed by atoms with Crippen molar-refractivity contribution in [1.82, 2.24) is 15.5 Å². The summed E-state index contributed by atoms with van der Waals surface area (Å²) in [5.74, 6) is -0.271. The first-order valence-electron chi connectivity index (χ1n) is 6.54. The lowest BCUT2D eigenvalue weighted by molar-refractivity contribution is -0.125. The number of imide groups is 1. The second kappa shape index (κ2) is 6.33. The summed E-state index contributed by atoms with van der Waals surface area (Å²) in [7, 11) is 1.50. The second-order valence-corrected chi connectivity index (χ2v) is 4.62. The van der Waals surface area contributed by atoms with Gasteiger partial charge in [0.2, 0.25) is 5.91 Å². The first kappa shape index (κ1) is 13.5. The number of benzene rings is 1. The van der Waals surface area contributed by atoms with Crippen LogP contribution in [0, 0.1) is 0 Å². The molecular formula is C14H19N3O2. The Balaban J connectivity index is 2.19. The van der Waals surface area contributed by atoms with Crippen molar-refractivity contribution in [1.29, 1.82) is 0 Å². The smallest absolute Gasteiger partial charge is 0.321 e. The Hall–Kier alpha value is -1.88. The lowest BCUT2D eigenvalue weighted by atomic mass is 10.0. The normalized spacial score (nSPS) is 16.9. The Labute approximate surface area is 113 Å². The number of nitrogens with one attached hydrogen (secondary N) is 2. The molecule has 2 rings (SSSR count). The Bertz CT molecular complexity index is 441. The third-order valence-electron chi connectivity index (χ3n) is 3.33. The fourth-order valence-corrected chi connectivity index (χ4v) is 2.41. The van der Waals surface area contributed by atoms with E-state index in [-0.39, 0.29) is 11.9 Å². The lowest BCUT2D eigenvalue weighted by Crippen LogP contribution is -2.44. The van der Waals surface area contributed by atoms with Gasteiger partial charge in [0.15, 0.2) is 0 Å². The van der Waals surface area contributed by atoms with E-state index in [9.17, 15) is 9.59 Å². The molecule has 19 heavy (non-hydrogen) atoms. The third kappa shape index (κ3) is 3.32. The third-order valence-corrected chi connectivity index (χ3v) is 3.33. The Morgan fingerprint density at radius 3 is 2.37 bits per heavy atom. The minimum Gasteiger partial charge on any atom is -0.341 e.